The molecule has 0 spiro atoms. The van der Waals surface area contributed by atoms with Gasteiger partial charge in [-0.1, -0.05) is 17.3 Å². The van der Waals surface area contributed by atoms with Crippen LogP contribution in [-0.2, 0) is 11.2 Å². The summed E-state index contributed by atoms with van der Waals surface area (Å²) in [5.74, 6) is 0.741. The summed E-state index contributed by atoms with van der Waals surface area (Å²) in [6.07, 6.45) is 1.18. The predicted molar refractivity (Wildman–Crippen MR) is 72.7 cm³/mol. The Morgan fingerprint density at radius 3 is 2.95 bits per heavy atom. The number of carbonyl (C=O) groups excluding carboxylic acids is 2. The van der Waals surface area contributed by atoms with Crippen molar-refractivity contribution in [1.29, 1.82) is 0 Å². The second kappa shape index (κ2) is 5.49. The van der Waals surface area contributed by atoms with Gasteiger partial charge in [-0.25, -0.2) is 0 Å². The second-order valence-corrected chi connectivity index (χ2v) is 4.60. The van der Waals surface area contributed by atoms with Crippen molar-refractivity contribution in [2.45, 2.75) is 6.42 Å². The number of carbonyl (C=O) groups is 2. The normalized spacial score (nSPS) is 14.4. The fraction of sp³-hybridized carbons (Fsp3) is 0.267. The number of hydrogen-bond donors (Lipinski definition) is 0. The molecule has 1 aliphatic rings. The molecule has 1 aromatic heterocycles. The predicted octanol–water partition coefficient (Wildman–Crippen LogP) is 1.92. The van der Waals surface area contributed by atoms with E-state index in [1.54, 1.807) is 18.2 Å². The van der Waals surface area contributed by atoms with Gasteiger partial charge in [0.05, 0.1) is 24.8 Å². The third kappa shape index (κ3) is 2.23. The lowest BCUT2D eigenvalue weighted by atomic mass is 9.97. The van der Waals surface area contributed by atoms with Gasteiger partial charge in [-0.3, -0.25) is 9.59 Å². The maximum Gasteiger partial charge on any atom is 0.194 e. The zero-order chi connectivity index (χ0) is 14.8. The maximum absolute atomic E-state index is 12.2. The number of nitrogens with zero attached hydrogens (tertiary/aromatic N) is 1. The van der Waals surface area contributed by atoms with Crippen LogP contribution in [0.3, 0.4) is 0 Å². The number of ketones is 1. The molecule has 108 valence electrons. The summed E-state index contributed by atoms with van der Waals surface area (Å²) >= 11 is 0. The monoisotopic (exact) mass is 287 g/mol. The summed E-state index contributed by atoms with van der Waals surface area (Å²) in [5.41, 5.74) is 1.57. The van der Waals surface area contributed by atoms with Crippen molar-refractivity contribution in [3.8, 4) is 17.0 Å². The third-order valence-corrected chi connectivity index (χ3v) is 3.39. The Morgan fingerprint density at radius 1 is 1.33 bits per heavy atom. The largest absolute Gasteiger partial charge is 0.496 e. The second-order valence-electron chi connectivity index (χ2n) is 4.60. The molecular weight excluding hydrogens is 274 g/mol. The van der Waals surface area contributed by atoms with Gasteiger partial charge in [-0.15, -0.1) is 0 Å². The highest BCUT2D eigenvalue weighted by atomic mass is 16.5. The van der Waals surface area contributed by atoms with Crippen LogP contribution in [-0.4, -0.2) is 37.5 Å². The topological polar surface area (TPSA) is 78.6 Å². The first kappa shape index (κ1) is 13.5. The molecule has 6 heteroatoms. The van der Waals surface area contributed by atoms with Crippen molar-refractivity contribution in [1.82, 2.24) is 5.16 Å². The highest BCUT2D eigenvalue weighted by Gasteiger charge is 2.28. The molecule has 6 nitrogen and oxygen atoms in total. The molecule has 0 aliphatic carbocycles. The van der Waals surface area contributed by atoms with Crippen LogP contribution in [0.25, 0.3) is 11.3 Å². The van der Waals surface area contributed by atoms with Gasteiger partial charge in [-0.05, 0) is 6.07 Å². The highest BCUT2D eigenvalue weighted by Crippen LogP contribution is 2.36. The molecule has 0 amide bonds. The average Bonchev–Trinajstić information content (AvgIpc) is 2.85. The van der Waals surface area contributed by atoms with E-state index in [-0.39, 0.29) is 12.4 Å². The number of benzene rings is 1. The molecule has 1 aromatic carbocycles. The van der Waals surface area contributed by atoms with Crippen LogP contribution in [0.4, 0.5) is 0 Å². The number of aromatic nitrogens is 1. The van der Waals surface area contributed by atoms with Gasteiger partial charge in [-0.2, -0.15) is 0 Å². The fourth-order valence-corrected chi connectivity index (χ4v) is 2.42. The molecule has 0 bridgehead atoms. The first-order valence-corrected chi connectivity index (χ1v) is 6.48. The lowest BCUT2D eigenvalue weighted by Gasteiger charge is -2.09. The van der Waals surface area contributed by atoms with Gasteiger partial charge in [0.25, 0.3) is 0 Å². The van der Waals surface area contributed by atoms with E-state index in [9.17, 15) is 9.59 Å². The minimum Gasteiger partial charge on any atom is -0.496 e. The van der Waals surface area contributed by atoms with Crippen LogP contribution in [0.2, 0.25) is 0 Å². The smallest absolute Gasteiger partial charge is 0.194 e. The summed E-state index contributed by atoms with van der Waals surface area (Å²) in [7, 11) is 1.50. The van der Waals surface area contributed by atoms with Crippen molar-refractivity contribution >= 4 is 12.1 Å². The molecule has 0 unspecified atom stereocenters. The molecule has 3 rings (SSSR count). The first-order chi connectivity index (χ1) is 10.3. The molecule has 0 saturated carbocycles. The molecule has 2 heterocycles. The Kier molecular flexibility index (Phi) is 3.53. The van der Waals surface area contributed by atoms with Crippen LogP contribution >= 0.6 is 0 Å². The fourth-order valence-electron chi connectivity index (χ4n) is 2.42. The van der Waals surface area contributed by atoms with Gasteiger partial charge in [0.15, 0.2) is 17.8 Å². The minimum atomic E-state index is -0.207. The number of rotatable bonds is 3. The number of hydrogen-bond acceptors (Lipinski definition) is 6. The Labute approximate surface area is 120 Å². The molecule has 2 aromatic rings. The molecule has 21 heavy (non-hydrogen) atoms. The first-order valence-electron chi connectivity index (χ1n) is 6.48. The molecule has 0 fully saturated rings. The summed E-state index contributed by atoms with van der Waals surface area (Å²) in [5, 5.41) is 3.99. The zero-order valence-corrected chi connectivity index (χ0v) is 11.4. The van der Waals surface area contributed by atoms with Gasteiger partial charge < -0.3 is 14.0 Å². The van der Waals surface area contributed by atoms with Crippen LogP contribution in [0.5, 0.6) is 5.75 Å². The molecule has 1 aliphatic heterocycles. The van der Waals surface area contributed by atoms with Gasteiger partial charge in [0.2, 0.25) is 0 Å². The Morgan fingerprint density at radius 2 is 2.19 bits per heavy atom. The molecule has 0 atom stereocenters. The summed E-state index contributed by atoms with van der Waals surface area (Å²) < 4.78 is 15.8. The summed E-state index contributed by atoms with van der Waals surface area (Å²) in [6, 6.07) is 5.06. The van der Waals surface area contributed by atoms with E-state index >= 15 is 0 Å². The highest BCUT2D eigenvalue weighted by molar-refractivity contribution is 6.05. The Hall–Kier alpha value is -2.47. The third-order valence-electron chi connectivity index (χ3n) is 3.39. The van der Waals surface area contributed by atoms with Crippen molar-refractivity contribution in [2.24, 2.45) is 0 Å². The molecule has 0 saturated heterocycles. The van der Waals surface area contributed by atoms with E-state index in [2.05, 4.69) is 5.16 Å². The van der Waals surface area contributed by atoms with Gasteiger partial charge >= 0.3 is 0 Å². The maximum atomic E-state index is 12.2. The molecular formula is C15H13NO5. The minimum absolute atomic E-state index is 0.0210. The Bertz CT molecular complexity index is 704. The molecule has 0 radical (unpaired) electrons. The standard InChI is InChI=1S/C15H13NO5/c1-19-11-4-2-3-9(7-17)13(11)15-14-10(18)8-20-6-5-12(14)21-16-15/h2-4,7H,5-6,8H2,1H3. The van der Waals surface area contributed by atoms with E-state index in [1.165, 1.54) is 7.11 Å². The van der Waals surface area contributed by atoms with Crippen LogP contribution in [0, 0.1) is 0 Å². The number of aldehydes is 1. The van der Waals surface area contributed by atoms with E-state index < -0.39 is 0 Å². The van der Waals surface area contributed by atoms with Crippen molar-refractivity contribution in [3.05, 3.63) is 35.1 Å². The number of Topliss-reactive ketones (excluding diaryl/α,β-unsaturated/α-hetero) is 1. The number of methoxy groups -OCH3 is 1. The van der Waals surface area contributed by atoms with Crippen LogP contribution in [0.1, 0.15) is 26.5 Å². The van der Waals surface area contributed by atoms with Crippen LogP contribution < -0.4 is 4.74 Å². The lowest BCUT2D eigenvalue weighted by molar-refractivity contribution is 0.0786. The Balaban J connectivity index is 2.25. The number of ether oxygens (including phenoxy) is 2. The van der Waals surface area contributed by atoms with Crippen molar-refractivity contribution in [3.63, 3.8) is 0 Å². The van der Waals surface area contributed by atoms with Gasteiger partial charge in [0, 0.05) is 12.0 Å². The lowest BCUT2D eigenvalue weighted by Crippen LogP contribution is -2.08. The molecule has 0 N–H and O–H groups in total. The average molecular weight is 287 g/mol. The van der Waals surface area contributed by atoms with E-state index in [1.807, 2.05) is 0 Å². The van der Waals surface area contributed by atoms with E-state index in [4.69, 9.17) is 14.0 Å². The zero-order valence-electron chi connectivity index (χ0n) is 11.4. The van der Waals surface area contributed by atoms with Gasteiger partial charge in [0.1, 0.15) is 18.1 Å². The number of fused-ring (bicyclic) bond motifs is 1. The van der Waals surface area contributed by atoms with E-state index in [0.717, 1.165) is 0 Å². The van der Waals surface area contributed by atoms with Crippen LogP contribution in [0.15, 0.2) is 22.7 Å². The quantitative estimate of drug-likeness (QED) is 0.802. The summed E-state index contributed by atoms with van der Waals surface area (Å²) in [4.78, 5) is 23.5. The van der Waals surface area contributed by atoms with Crippen molar-refractivity contribution < 1.29 is 23.6 Å². The van der Waals surface area contributed by atoms with Crippen molar-refractivity contribution in [2.75, 3.05) is 20.3 Å². The SMILES string of the molecule is COc1cccc(C=O)c1-c1noc2c1C(=O)COCC2. The summed E-state index contributed by atoms with van der Waals surface area (Å²) in [6.45, 7) is 0.382. The van der Waals surface area contributed by atoms with E-state index in [0.29, 0.717) is 53.2 Å².